The van der Waals surface area contributed by atoms with Gasteiger partial charge in [0, 0.05) is 23.2 Å². The monoisotopic (exact) mass is 459 g/mol. The zero-order valence-corrected chi connectivity index (χ0v) is 20.4. The van der Waals surface area contributed by atoms with Crippen molar-refractivity contribution < 1.29 is 19.8 Å². The molecule has 0 saturated heterocycles. The quantitative estimate of drug-likeness (QED) is 0.582. The van der Waals surface area contributed by atoms with Crippen molar-refractivity contribution in [2.45, 2.75) is 76.8 Å². The Hall–Kier alpha value is -3.10. The van der Waals surface area contributed by atoms with Crippen LogP contribution in [0.4, 0.5) is 0 Å². The minimum absolute atomic E-state index is 0.0218. The Morgan fingerprint density at radius 1 is 1.09 bits per heavy atom. The molecule has 0 amide bonds. The first-order chi connectivity index (χ1) is 16.1. The lowest BCUT2D eigenvalue weighted by Gasteiger charge is -2.42. The Kier molecular flexibility index (Phi) is 6.55. The number of carboxylic acids is 2. The normalized spacial score (nSPS) is 18.7. The Labute approximate surface area is 201 Å². The van der Waals surface area contributed by atoms with Crippen LogP contribution in [0.2, 0.25) is 0 Å². The van der Waals surface area contributed by atoms with Gasteiger partial charge < -0.3 is 10.2 Å². The van der Waals surface area contributed by atoms with E-state index in [-0.39, 0.29) is 17.9 Å². The van der Waals surface area contributed by atoms with Gasteiger partial charge in [0.1, 0.15) is 0 Å². The fourth-order valence-corrected chi connectivity index (χ4v) is 5.31. The van der Waals surface area contributed by atoms with E-state index < -0.39 is 11.9 Å². The number of nitrogens with zero attached hydrogens (tertiary/aromatic N) is 1. The average Bonchev–Trinajstić information content (AvgIpc) is 3.62. The van der Waals surface area contributed by atoms with Crippen LogP contribution in [0.1, 0.15) is 96.2 Å². The molecule has 178 valence electrons. The van der Waals surface area contributed by atoms with E-state index in [1.165, 1.54) is 12.8 Å². The van der Waals surface area contributed by atoms with Gasteiger partial charge in [-0.05, 0) is 85.0 Å². The Morgan fingerprint density at radius 3 is 2.32 bits per heavy atom. The third-order valence-corrected chi connectivity index (χ3v) is 7.41. The molecule has 2 aliphatic rings. The molecule has 1 unspecified atom stereocenters. The SMILES string of the molecule is CCc1c(C#Cc2ccc(CC(=O)O)cc2)cc2c(c1C(=O)O)C(N(C)C1CC1)CCC2(C)C. The highest BCUT2D eigenvalue weighted by Gasteiger charge is 2.42. The minimum Gasteiger partial charge on any atom is -0.481 e. The lowest BCUT2D eigenvalue weighted by atomic mass is 9.67. The topological polar surface area (TPSA) is 77.8 Å². The van der Waals surface area contributed by atoms with Gasteiger partial charge in [0.2, 0.25) is 0 Å². The summed E-state index contributed by atoms with van der Waals surface area (Å²) in [6.07, 6.45) is 4.91. The van der Waals surface area contributed by atoms with Gasteiger partial charge in [-0.2, -0.15) is 0 Å². The Balaban J connectivity index is 1.83. The summed E-state index contributed by atoms with van der Waals surface area (Å²) in [6.45, 7) is 6.40. The molecule has 5 heteroatoms. The second-order valence-corrected chi connectivity index (χ2v) is 10.3. The number of aliphatic carboxylic acids is 1. The minimum atomic E-state index is -0.873. The molecule has 2 aromatic carbocycles. The van der Waals surface area contributed by atoms with E-state index in [9.17, 15) is 14.7 Å². The molecule has 1 atom stereocenters. The summed E-state index contributed by atoms with van der Waals surface area (Å²) in [5.41, 5.74) is 5.47. The van der Waals surface area contributed by atoms with Crippen molar-refractivity contribution in [1.82, 2.24) is 4.90 Å². The van der Waals surface area contributed by atoms with E-state index >= 15 is 0 Å². The number of rotatable bonds is 6. The zero-order valence-electron chi connectivity index (χ0n) is 20.4. The van der Waals surface area contributed by atoms with Crippen LogP contribution in [0, 0.1) is 11.8 Å². The first kappa shape index (κ1) is 24.0. The third kappa shape index (κ3) is 4.74. The Bertz CT molecular complexity index is 1180. The predicted octanol–water partition coefficient (Wildman–Crippen LogP) is 5.18. The third-order valence-electron chi connectivity index (χ3n) is 7.41. The van der Waals surface area contributed by atoms with Crippen molar-refractivity contribution in [3.8, 4) is 11.8 Å². The molecule has 0 bridgehead atoms. The van der Waals surface area contributed by atoms with Gasteiger partial charge in [0.25, 0.3) is 0 Å². The lowest BCUT2D eigenvalue weighted by Crippen LogP contribution is -2.37. The molecule has 2 aliphatic carbocycles. The molecule has 34 heavy (non-hydrogen) atoms. The van der Waals surface area contributed by atoms with Crippen LogP contribution < -0.4 is 0 Å². The van der Waals surface area contributed by atoms with Gasteiger partial charge in [-0.15, -0.1) is 0 Å². The molecule has 4 rings (SSSR count). The summed E-state index contributed by atoms with van der Waals surface area (Å²) < 4.78 is 0. The second-order valence-electron chi connectivity index (χ2n) is 10.3. The van der Waals surface area contributed by atoms with Gasteiger partial charge >= 0.3 is 11.9 Å². The van der Waals surface area contributed by atoms with Gasteiger partial charge in [0.15, 0.2) is 0 Å². The zero-order chi connectivity index (χ0) is 24.6. The van der Waals surface area contributed by atoms with E-state index in [0.717, 1.165) is 46.2 Å². The summed E-state index contributed by atoms with van der Waals surface area (Å²) in [5, 5.41) is 19.3. The number of carboxylic acid groups (broad SMARTS) is 2. The number of benzene rings is 2. The van der Waals surface area contributed by atoms with E-state index in [1.54, 1.807) is 12.1 Å². The van der Waals surface area contributed by atoms with E-state index in [1.807, 2.05) is 19.1 Å². The molecule has 2 aromatic rings. The maximum absolute atomic E-state index is 12.7. The standard InChI is InChI=1S/C29H33NO4/c1-5-22-20(11-10-18-6-8-19(9-7-18)16-25(31)32)17-23-27(26(22)28(33)34)24(14-15-29(23,2)3)30(4)21-12-13-21/h6-9,17,21,24H,5,12-16H2,1-4H3,(H,31,32)(H,33,34). The van der Waals surface area contributed by atoms with Crippen LogP contribution in [0.5, 0.6) is 0 Å². The average molecular weight is 460 g/mol. The van der Waals surface area contributed by atoms with Crippen molar-refractivity contribution in [2.75, 3.05) is 7.05 Å². The predicted molar refractivity (Wildman–Crippen MR) is 132 cm³/mol. The van der Waals surface area contributed by atoms with Gasteiger partial charge in [-0.25, -0.2) is 4.79 Å². The number of carbonyl (C=O) groups is 2. The molecule has 1 saturated carbocycles. The molecule has 0 spiro atoms. The van der Waals surface area contributed by atoms with Crippen molar-refractivity contribution in [3.05, 3.63) is 69.3 Å². The van der Waals surface area contributed by atoms with Crippen LogP contribution in [0.3, 0.4) is 0 Å². The van der Waals surface area contributed by atoms with Gasteiger partial charge in [-0.1, -0.05) is 44.7 Å². The van der Waals surface area contributed by atoms with Gasteiger partial charge in [0.05, 0.1) is 12.0 Å². The van der Waals surface area contributed by atoms with Crippen molar-refractivity contribution in [1.29, 1.82) is 0 Å². The van der Waals surface area contributed by atoms with Crippen LogP contribution in [-0.2, 0) is 23.1 Å². The molecular weight excluding hydrogens is 426 g/mol. The van der Waals surface area contributed by atoms with Crippen molar-refractivity contribution in [2.24, 2.45) is 0 Å². The molecular formula is C29H33NO4. The van der Waals surface area contributed by atoms with Crippen LogP contribution in [-0.4, -0.2) is 40.1 Å². The highest BCUT2D eigenvalue weighted by Crippen LogP contribution is 2.48. The number of hydrogen-bond acceptors (Lipinski definition) is 3. The largest absolute Gasteiger partial charge is 0.481 e. The van der Waals surface area contributed by atoms with Gasteiger partial charge in [-0.3, -0.25) is 9.69 Å². The lowest BCUT2D eigenvalue weighted by molar-refractivity contribution is -0.136. The maximum atomic E-state index is 12.7. The van der Waals surface area contributed by atoms with Crippen molar-refractivity contribution in [3.63, 3.8) is 0 Å². The van der Waals surface area contributed by atoms with Crippen molar-refractivity contribution >= 4 is 11.9 Å². The molecule has 0 radical (unpaired) electrons. The fourth-order valence-electron chi connectivity index (χ4n) is 5.31. The highest BCUT2D eigenvalue weighted by atomic mass is 16.4. The molecule has 0 heterocycles. The van der Waals surface area contributed by atoms with Crippen LogP contribution >= 0.6 is 0 Å². The van der Waals surface area contributed by atoms with Crippen LogP contribution in [0.25, 0.3) is 0 Å². The second kappa shape index (κ2) is 9.27. The molecule has 0 aromatic heterocycles. The molecule has 1 fully saturated rings. The number of aromatic carboxylic acids is 1. The smallest absolute Gasteiger partial charge is 0.336 e. The fraction of sp³-hybridized carbons (Fsp3) is 0.448. The molecule has 5 nitrogen and oxygen atoms in total. The summed E-state index contributed by atoms with van der Waals surface area (Å²) in [7, 11) is 2.14. The van der Waals surface area contributed by atoms with E-state index in [2.05, 4.69) is 43.7 Å². The van der Waals surface area contributed by atoms with Crippen LogP contribution in [0.15, 0.2) is 30.3 Å². The number of fused-ring (bicyclic) bond motifs is 1. The van der Waals surface area contributed by atoms with E-state index in [0.29, 0.717) is 18.0 Å². The summed E-state index contributed by atoms with van der Waals surface area (Å²) >= 11 is 0. The molecule has 2 N–H and O–H groups in total. The maximum Gasteiger partial charge on any atom is 0.336 e. The first-order valence-electron chi connectivity index (χ1n) is 12.1. The summed E-state index contributed by atoms with van der Waals surface area (Å²) in [6, 6.07) is 9.99. The summed E-state index contributed by atoms with van der Waals surface area (Å²) in [5.74, 6) is 4.70. The summed E-state index contributed by atoms with van der Waals surface area (Å²) in [4.78, 5) is 26.0. The first-order valence-corrected chi connectivity index (χ1v) is 12.1. The number of hydrogen-bond donors (Lipinski definition) is 2. The Morgan fingerprint density at radius 2 is 1.76 bits per heavy atom. The molecule has 0 aliphatic heterocycles. The van der Waals surface area contributed by atoms with E-state index in [4.69, 9.17) is 5.11 Å². The highest BCUT2D eigenvalue weighted by molar-refractivity contribution is 5.93.